The molecule has 1 aromatic heterocycles. The van der Waals surface area contributed by atoms with Gasteiger partial charge in [-0.15, -0.1) is 0 Å². The van der Waals surface area contributed by atoms with Gasteiger partial charge in [-0.2, -0.15) is 0 Å². The van der Waals surface area contributed by atoms with Crippen LogP contribution in [0.15, 0.2) is 54.7 Å². The summed E-state index contributed by atoms with van der Waals surface area (Å²) in [7, 11) is 1.53. The first-order chi connectivity index (χ1) is 12.0. The SMILES string of the molecule is CN1C(=O)SC(c2cccc3c2ccn3Cc2ccc(Cl)cc2)C1=O. The molecule has 0 saturated carbocycles. The van der Waals surface area contributed by atoms with Gasteiger partial charge in [-0.1, -0.05) is 35.9 Å². The van der Waals surface area contributed by atoms with Crippen LogP contribution in [0.3, 0.4) is 0 Å². The third kappa shape index (κ3) is 2.83. The molecular formula is C19H15ClN2O2S. The average Bonchev–Trinajstić information content (AvgIpc) is 3.13. The van der Waals surface area contributed by atoms with Crippen molar-refractivity contribution < 1.29 is 9.59 Å². The van der Waals surface area contributed by atoms with Gasteiger partial charge < -0.3 is 4.57 Å². The predicted molar refractivity (Wildman–Crippen MR) is 101 cm³/mol. The average molecular weight is 371 g/mol. The van der Waals surface area contributed by atoms with Crippen LogP contribution >= 0.6 is 23.4 Å². The molecule has 4 rings (SSSR count). The molecule has 2 aromatic carbocycles. The summed E-state index contributed by atoms with van der Waals surface area (Å²) in [6.45, 7) is 0.717. The number of imide groups is 1. The molecule has 1 fully saturated rings. The number of amides is 2. The van der Waals surface area contributed by atoms with Crippen molar-refractivity contribution in [3.8, 4) is 0 Å². The lowest BCUT2D eigenvalue weighted by molar-refractivity contribution is -0.125. The fourth-order valence-corrected chi connectivity index (χ4v) is 4.26. The van der Waals surface area contributed by atoms with Crippen molar-refractivity contribution in [3.05, 3.63) is 70.9 Å². The highest BCUT2D eigenvalue weighted by Gasteiger charge is 2.38. The van der Waals surface area contributed by atoms with Crippen molar-refractivity contribution >= 4 is 45.4 Å². The number of carbonyl (C=O) groups excluding carboxylic acids is 2. The van der Waals surface area contributed by atoms with Crippen molar-refractivity contribution in [1.29, 1.82) is 0 Å². The Morgan fingerprint density at radius 2 is 1.84 bits per heavy atom. The smallest absolute Gasteiger partial charge is 0.289 e. The molecule has 0 aliphatic carbocycles. The highest BCUT2D eigenvalue weighted by molar-refractivity contribution is 8.15. The van der Waals surface area contributed by atoms with E-state index in [0.29, 0.717) is 11.6 Å². The molecule has 0 radical (unpaired) electrons. The van der Waals surface area contributed by atoms with Crippen LogP contribution in [0, 0.1) is 0 Å². The normalized spacial score (nSPS) is 17.7. The van der Waals surface area contributed by atoms with E-state index in [1.165, 1.54) is 11.9 Å². The molecule has 3 aromatic rings. The molecule has 1 unspecified atom stereocenters. The third-order valence-electron chi connectivity index (χ3n) is 4.44. The number of hydrogen-bond acceptors (Lipinski definition) is 3. The van der Waals surface area contributed by atoms with E-state index < -0.39 is 5.25 Å². The summed E-state index contributed by atoms with van der Waals surface area (Å²) in [6, 6.07) is 15.7. The molecule has 6 heteroatoms. The lowest BCUT2D eigenvalue weighted by Crippen LogP contribution is -2.24. The fraction of sp³-hybridized carbons (Fsp3) is 0.158. The summed E-state index contributed by atoms with van der Waals surface area (Å²) < 4.78 is 2.14. The number of carbonyl (C=O) groups is 2. The summed E-state index contributed by atoms with van der Waals surface area (Å²) in [5.74, 6) is -0.159. The third-order valence-corrected chi connectivity index (χ3v) is 5.86. The molecule has 2 heterocycles. The lowest BCUT2D eigenvalue weighted by Gasteiger charge is -2.11. The van der Waals surface area contributed by atoms with Gasteiger partial charge >= 0.3 is 0 Å². The second-order valence-electron chi connectivity index (χ2n) is 6.01. The van der Waals surface area contributed by atoms with E-state index >= 15 is 0 Å². The van der Waals surface area contributed by atoms with Crippen molar-refractivity contribution in [2.75, 3.05) is 7.05 Å². The van der Waals surface area contributed by atoms with Gasteiger partial charge in [0.2, 0.25) is 5.91 Å². The Labute approximate surface area is 154 Å². The van der Waals surface area contributed by atoms with Crippen LogP contribution in [-0.4, -0.2) is 27.7 Å². The number of hydrogen-bond donors (Lipinski definition) is 0. The molecule has 4 nitrogen and oxygen atoms in total. The minimum absolute atomic E-state index is 0.159. The van der Waals surface area contributed by atoms with Crippen LogP contribution < -0.4 is 0 Å². The summed E-state index contributed by atoms with van der Waals surface area (Å²) in [4.78, 5) is 25.4. The predicted octanol–water partition coefficient (Wildman–Crippen LogP) is 4.71. The number of benzene rings is 2. The molecule has 2 amide bonds. The maximum absolute atomic E-state index is 12.4. The Balaban J connectivity index is 1.72. The molecule has 0 N–H and O–H groups in total. The maximum atomic E-state index is 12.4. The topological polar surface area (TPSA) is 42.3 Å². The van der Waals surface area contributed by atoms with Crippen LogP contribution in [0.25, 0.3) is 10.9 Å². The summed E-state index contributed by atoms with van der Waals surface area (Å²) >= 11 is 7.02. The van der Waals surface area contributed by atoms with E-state index in [9.17, 15) is 9.59 Å². The number of likely N-dealkylation sites (N-methyl/N-ethyl adjacent to an activating group) is 1. The van der Waals surface area contributed by atoms with Gasteiger partial charge in [-0.25, -0.2) is 0 Å². The van der Waals surface area contributed by atoms with Gasteiger partial charge in [0, 0.05) is 35.7 Å². The first-order valence-electron chi connectivity index (χ1n) is 7.85. The highest BCUT2D eigenvalue weighted by Crippen LogP contribution is 2.41. The molecular weight excluding hydrogens is 356 g/mol. The van der Waals surface area contributed by atoms with E-state index in [-0.39, 0.29) is 11.1 Å². The van der Waals surface area contributed by atoms with Crippen LogP contribution in [0.5, 0.6) is 0 Å². The molecule has 25 heavy (non-hydrogen) atoms. The zero-order valence-corrected chi connectivity index (χ0v) is 15.1. The van der Waals surface area contributed by atoms with Gasteiger partial charge in [-0.05, 0) is 47.2 Å². The van der Waals surface area contributed by atoms with E-state index in [1.807, 2.05) is 54.7 Å². The lowest BCUT2D eigenvalue weighted by atomic mass is 10.1. The largest absolute Gasteiger partial charge is 0.343 e. The van der Waals surface area contributed by atoms with Crippen LogP contribution in [0.4, 0.5) is 4.79 Å². The second-order valence-corrected chi connectivity index (χ2v) is 7.50. The van der Waals surface area contributed by atoms with Gasteiger partial charge in [0.05, 0.1) is 0 Å². The van der Waals surface area contributed by atoms with Gasteiger partial charge in [0.1, 0.15) is 5.25 Å². The summed E-state index contributed by atoms with van der Waals surface area (Å²) in [5.41, 5.74) is 3.08. The van der Waals surface area contributed by atoms with Crippen molar-refractivity contribution in [2.45, 2.75) is 11.8 Å². The number of thioether (sulfide) groups is 1. The van der Waals surface area contributed by atoms with Crippen molar-refractivity contribution in [2.24, 2.45) is 0 Å². The Morgan fingerprint density at radius 1 is 1.08 bits per heavy atom. The van der Waals surface area contributed by atoms with Gasteiger partial charge in [0.15, 0.2) is 0 Å². The van der Waals surface area contributed by atoms with Crippen LogP contribution in [-0.2, 0) is 11.3 Å². The highest BCUT2D eigenvalue weighted by atomic mass is 35.5. The zero-order valence-electron chi connectivity index (χ0n) is 13.5. The van der Waals surface area contributed by atoms with E-state index in [2.05, 4.69) is 4.57 Å². The molecule has 0 spiro atoms. The standard InChI is InChI=1S/C19H15ClN2O2S/c1-21-18(23)17(25-19(21)24)15-3-2-4-16-14(15)9-10-22(16)11-12-5-7-13(20)8-6-12/h2-10,17H,11H2,1H3. The molecule has 0 bridgehead atoms. The Bertz CT molecular complexity index is 981. The van der Waals surface area contributed by atoms with Crippen LogP contribution in [0.2, 0.25) is 5.02 Å². The number of rotatable bonds is 3. The number of aromatic nitrogens is 1. The van der Waals surface area contributed by atoms with Gasteiger partial charge in [0.25, 0.3) is 5.24 Å². The van der Waals surface area contributed by atoms with E-state index in [1.54, 1.807) is 0 Å². The van der Waals surface area contributed by atoms with Crippen LogP contribution in [0.1, 0.15) is 16.4 Å². The minimum atomic E-state index is -0.465. The zero-order chi connectivity index (χ0) is 17.6. The summed E-state index contributed by atoms with van der Waals surface area (Å²) in [6.07, 6.45) is 2.01. The monoisotopic (exact) mass is 370 g/mol. The first-order valence-corrected chi connectivity index (χ1v) is 9.11. The number of nitrogens with zero attached hydrogens (tertiary/aromatic N) is 2. The maximum Gasteiger partial charge on any atom is 0.289 e. The number of halogens is 1. The first kappa shape index (κ1) is 16.2. The minimum Gasteiger partial charge on any atom is -0.343 e. The second kappa shape index (κ2) is 6.24. The van der Waals surface area contributed by atoms with Crippen molar-refractivity contribution in [3.63, 3.8) is 0 Å². The molecule has 1 aliphatic rings. The Kier molecular flexibility index (Phi) is 4.06. The molecule has 1 aliphatic heterocycles. The van der Waals surface area contributed by atoms with Gasteiger partial charge in [-0.3, -0.25) is 14.5 Å². The van der Waals surface area contributed by atoms with E-state index in [0.717, 1.165) is 33.8 Å². The molecule has 126 valence electrons. The van der Waals surface area contributed by atoms with Crippen molar-refractivity contribution in [1.82, 2.24) is 9.47 Å². The quantitative estimate of drug-likeness (QED) is 0.670. The fourth-order valence-electron chi connectivity index (χ4n) is 3.09. The molecule has 1 saturated heterocycles. The molecule has 1 atom stereocenters. The van der Waals surface area contributed by atoms with E-state index in [4.69, 9.17) is 11.6 Å². The summed E-state index contributed by atoms with van der Waals surface area (Å²) in [5, 5.41) is 1.06. The Morgan fingerprint density at radius 3 is 2.52 bits per heavy atom. The number of fused-ring (bicyclic) bond motifs is 1. The Hall–Kier alpha value is -2.24.